The minimum atomic E-state index is -1.22. The van der Waals surface area contributed by atoms with Crippen LogP contribution in [0.15, 0.2) is 53.5 Å². The first-order valence-corrected chi connectivity index (χ1v) is 10.7. The van der Waals surface area contributed by atoms with Crippen LogP contribution in [0.5, 0.6) is 0 Å². The highest BCUT2D eigenvalue weighted by molar-refractivity contribution is 6.31. The Morgan fingerprint density at radius 2 is 1.86 bits per heavy atom. The Bertz CT molecular complexity index is 894. The van der Waals surface area contributed by atoms with Gasteiger partial charge in [-0.3, -0.25) is 4.99 Å². The van der Waals surface area contributed by atoms with Crippen molar-refractivity contribution in [3.63, 3.8) is 0 Å². The summed E-state index contributed by atoms with van der Waals surface area (Å²) < 4.78 is 0. The molecule has 1 unspecified atom stereocenters. The average molecular weight is 396 g/mol. The number of halogens is 1. The highest BCUT2D eigenvalue weighted by Gasteiger charge is 2.49. The summed E-state index contributed by atoms with van der Waals surface area (Å²) >= 11 is 6.40. The van der Waals surface area contributed by atoms with Gasteiger partial charge in [0.05, 0.1) is 12.2 Å². The van der Waals surface area contributed by atoms with Crippen molar-refractivity contribution >= 4 is 23.2 Å². The molecule has 0 spiro atoms. The fraction of sp³-hybridized carbons (Fsp3) is 0.435. The molecule has 0 amide bonds. The van der Waals surface area contributed by atoms with Crippen LogP contribution in [0, 0.1) is 5.92 Å². The van der Waals surface area contributed by atoms with Gasteiger partial charge in [-0.05, 0) is 30.9 Å². The lowest BCUT2D eigenvalue weighted by molar-refractivity contribution is -0.0361. The van der Waals surface area contributed by atoms with E-state index in [4.69, 9.17) is 16.6 Å². The van der Waals surface area contributed by atoms with Gasteiger partial charge in [0.1, 0.15) is 0 Å². The lowest BCUT2D eigenvalue weighted by Crippen LogP contribution is -2.59. The summed E-state index contributed by atoms with van der Waals surface area (Å²) in [5, 5.41) is 12.7. The van der Waals surface area contributed by atoms with Crippen LogP contribution in [0.25, 0.3) is 0 Å². The monoisotopic (exact) mass is 395 g/mol. The molecular weight excluding hydrogens is 370 g/mol. The third-order valence-electron chi connectivity index (χ3n) is 6.42. The van der Waals surface area contributed by atoms with Crippen molar-refractivity contribution in [1.82, 2.24) is 4.90 Å². The second-order valence-corrected chi connectivity index (χ2v) is 8.58. The van der Waals surface area contributed by atoms with E-state index >= 15 is 0 Å². The molecule has 2 aromatic carbocycles. The summed E-state index contributed by atoms with van der Waals surface area (Å²) in [6.07, 6.45) is 6.50. The van der Waals surface area contributed by atoms with Crippen molar-refractivity contribution in [3.8, 4) is 0 Å². The molecule has 2 aromatic rings. The number of hydrogen-bond acceptors (Lipinski definition) is 4. The molecule has 3 aliphatic rings. The minimum Gasteiger partial charge on any atom is -0.363 e. The van der Waals surface area contributed by atoms with Crippen LogP contribution in [-0.4, -0.2) is 35.6 Å². The SMILES string of the molecule is OC1(c2ccccc2)c2ccc(Cl)cc2N(CC2CCCCC2)C2=NCCN21. The van der Waals surface area contributed by atoms with Crippen molar-refractivity contribution in [2.45, 2.75) is 37.8 Å². The van der Waals surface area contributed by atoms with Gasteiger partial charge < -0.3 is 14.9 Å². The molecule has 2 aliphatic heterocycles. The molecule has 1 aliphatic carbocycles. The Morgan fingerprint density at radius 1 is 1.07 bits per heavy atom. The summed E-state index contributed by atoms with van der Waals surface area (Å²) in [6, 6.07) is 15.8. The highest BCUT2D eigenvalue weighted by Crippen LogP contribution is 2.46. The molecule has 1 N–H and O–H groups in total. The van der Waals surface area contributed by atoms with Crippen molar-refractivity contribution in [3.05, 3.63) is 64.7 Å². The summed E-state index contributed by atoms with van der Waals surface area (Å²) in [5.41, 5.74) is 1.52. The van der Waals surface area contributed by atoms with Crippen molar-refractivity contribution < 1.29 is 5.11 Å². The number of aliphatic hydroxyl groups is 1. The maximum atomic E-state index is 12.1. The maximum absolute atomic E-state index is 12.1. The van der Waals surface area contributed by atoms with Crippen LogP contribution in [0.2, 0.25) is 5.02 Å². The molecule has 1 atom stereocenters. The summed E-state index contributed by atoms with van der Waals surface area (Å²) in [5.74, 6) is 1.54. The van der Waals surface area contributed by atoms with Crippen LogP contribution in [0.1, 0.15) is 43.2 Å². The Kier molecular flexibility index (Phi) is 4.56. The van der Waals surface area contributed by atoms with Gasteiger partial charge in [0, 0.05) is 29.2 Å². The Labute approximate surface area is 171 Å². The standard InChI is InChI=1S/C23H26ClN3O/c24-19-11-12-20-21(15-19)26(16-17-7-3-1-4-8-17)22-25-13-14-27(22)23(20,28)18-9-5-2-6-10-18/h2,5-6,9-12,15,17,28H,1,3-4,7-8,13-14,16H2. The molecule has 28 heavy (non-hydrogen) atoms. The number of hydrogen-bond donors (Lipinski definition) is 1. The zero-order valence-electron chi connectivity index (χ0n) is 16.0. The topological polar surface area (TPSA) is 39.1 Å². The first-order valence-electron chi connectivity index (χ1n) is 10.4. The van der Waals surface area contributed by atoms with E-state index in [1.807, 2.05) is 48.5 Å². The second kappa shape index (κ2) is 7.09. The number of aliphatic imine (C=N–C) groups is 1. The van der Waals surface area contributed by atoms with Crippen LogP contribution >= 0.6 is 11.6 Å². The lowest BCUT2D eigenvalue weighted by Gasteiger charge is -2.49. The van der Waals surface area contributed by atoms with Gasteiger partial charge in [0.2, 0.25) is 5.96 Å². The number of fused-ring (bicyclic) bond motifs is 2. The van der Waals surface area contributed by atoms with E-state index in [2.05, 4.69) is 9.80 Å². The third-order valence-corrected chi connectivity index (χ3v) is 6.65. The molecule has 5 rings (SSSR count). The van der Waals surface area contributed by atoms with Gasteiger partial charge in [-0.25, -0.2) is 0 Å². The molecule has 5 heteroatoms. The molecule has 1 fully saturated rings. The van der Waals surface area contributed by atoms with E-state index in [9.17, 15) is 5.11 Å². The van der Waals surface area contributed by atoms with E-state index in [0.29, 0.717) is 24.0 Å². The molecule has 0 radical (unpaired) electrons. The molecule has 4 nitrogen and oxygen atoms in total. The van der Waals surface area contributed by atoms with Gasteiger partial charge in [0.15, 0.2) is 5.72 Å². The predicted molar refractivity (Wildman–Crippen MR) is 114 cm³/mol. The van der Waals surface area contributed by atoms with Gasteiger partial charge >= 0.3 is 0 Å². The number of anilines is 1. The van der Waals surface area contributed by atoms with Crippen LogP contribution in [0.3, 0.4) is 0 Å². The van der Waals surface area contributed by atoms with E-state index < -0.39 is 5.72 Å². The average Bonchev–Trinajstić information content (AvgIpc) is 3.23. The third kappa shape index (κ3) is 2.82. The van der Waals surface area contributed by atoms with Gasteiger partial charge in [-0.1, -0.05) is 67.3 Å². The summed E-state index contributed by atoms with van der Waals surface area (Å²) in [7, 11) is 0. The Balaban J connectivity index is 1.64. The van der Waals surface area contributed by atoms with Crippen LogP contribution in [-0.2, 0) is 5.72 Å². The number of nitrogens with zero attached hydrogens (tertiary/aromatic N) is 3. The smallest absolute Gasteiger partial charge is 0.204 e. The molecule has 2 heterocycles. The second-order valence-electron chi connectivity index (χ2n) is 8.15. The van der Waals surface area contributed by atoms with E-state index in [-0.39, 0.29) is 0 Å². The maximum Gasteiger partial charge on any atom is 0.204 e. The van der Waals surface area contributed by atoms with Crippen molar-refractivity contribution in [2.24, 2.45) is 10.9 Å². The Morgan fingerprint density at radius 3 is 2.64 bits per heavy atom. The van der Waals surface area contributed by atoms with Crippen molar-refractivity contribution in [2.75, 3.05) is 24.5 Å². The Hall–Kier alpha value is -2.04. The number of guanidine groups is 1. The lowest BCUT2D eigenvalue weighted by atomic mass is 9.86. The van der Waals surface area contributed by atoms with Gasteiger partial charge in [-0.15, -0.1) is 0 Å². The molecule has 1 saturated carbocycles. The summed E-state index contributed by atoms with van der Waals surface area (Å²) in [6.45, 7) is 2.35. The molecule has 0 saturated heterocycles. The predicted octanol–water partition coefficient (Wildman–Crippen LogP) is 4.61. The van der Waals surface area contributed by atoms with E-state index in [1.165, 1.54) is 32.1 Å². The van der Waals surface area contributed by atoms with E-state index in [1.54, 1.807) is 0 Å². The molecule has 0 bridgehead atoms. The fourth-order valence-electron chi connectivity index (χ4n) is 5.04. The number of rotatable bonds is 3. The zero-order chi connectivity index (χ0) is 19.1. The van der Waals surface area contributed by atoms with Crippen LogP contribution < -0.4 is 4.90 Å². The fourth-order valence-corrected chi connectivity index (χ4v) is 5.21. The van der Waals surface area contributed by atoms with Crippen molar-refractivity contribution in [1.29, 1.82) is 0 Å². The zero-order valence-corrected chi connectivity index (χ0v) is 16.8. The molecule has 146 valence electrons. The highest BCUT2D eigenvalue weighted by atomic mass is 35.5. The van der Waals surface area contributed by atoms with Gasteiger partial charge in [-0.2, -0.15) is 0 Å². The van der Waals surface area contributed by atoms with Crippen LogP contribution in [0.4, 0.5) is 5.69 Å². The van der Waals surface area contributed by atoms with Gasteiger partial charge in [0.25, 0.3) is 0 Å². The van der Waals surface area contributed by atoms with E-state index in [0.717, 1.165) is 29.3 Å². The first kappa shape index (κ1) is 18.0. The molecule has 0 aromatic heterocycles. The first-order chi connectivity index (χ1) is 13.7. The number of benzene rings is 2. The quantitative estimate of drug-likeness (QED) is 0.825. The molecular formula is C23H26ClN3O. The largest absolute Gasteiger partial charge is 0.363 e. The minimum absolute atomic E-state index is 0.661. The summed E-state index contributed by atoms with van der Waals surface area (Å²) in [4.78, 5) is 9.20. The normalized spacial score (nSPS) is 24.7.